The van der Waals surface area contributed by atoms with E-state index >= 15 is 0 Å². The second-order valence-electron chi connectivity index (χ2n) is 6.16. The molecule has 1 rings (SSSR count). The molecule has 1 aliphatic rings. The van der Waals surface area contributed by atoms with E-state index in [1.165, 1.54) is 11.8 Å². The predicted molar refractivity (Wildman–Crippen MR) is 77.1 cm³/mol. The fraction of sp³-hybridized carbons (Fsp3) is 0.846. The maximum absolute atomic E-state index is 12.0. The van der Waals surface area contributed by atoms with Crippen molar-refractivity contribution < 1.29 is 14.3 Å². The van der Waals surface area contributed by atoms with Crippen molar-refractivity contribution in [1.82, 2.24) is 10.6 Å². The second kappa shape index (κ2) is 6.13. The molecule has 19 heavy (non-hydrogen) atoms. The molecule has 2 amide bonds. The summed E-state index contributed by atoms with van der Waals surface area (Å²) in [5.41, 5.74) is -0.116. The number of rotatable bonds is 5. The third-order valence-corrected chi connectivity index (χ3v) is 4.46. The van der Waals surface area contributed by atoms with Gasteiger partial charge in [0.25, 0.3) is 0 Å². The van der Waals surface area contributed by atoms with Crippen molar-refractivity contribution in [2.75, 3.05) is 26.0 Å². The van der Waals surface area contributed by atoms with Gasteiger partial charge in [0.2, 0.25) is 11.8 Å². The maximum Gasteiger partial charge on any atom is 0.243 e. The van der Waals surface area contributed by atoms with Crippen LogP contribution in [0.4, 0.5) is 0 Å². The Bertz CT molecular complexity index is 356. The fourth-order valence-corrected chi connectivity index (χ4v) is 2.77. The van der Waals surface area contributed by atoms with E-state index in [2.05, 4.69) is 10.6 Å². The van der Waals surface area contributed by atoms with Crippen LogP contribution < -0.4 is 10.6 Å². The molecule has 0 saturated carbocycles. The lowest BCUT2D eigenvalue weighted by Crippen LogP contribution is -2.57. The third kappa shape index (κ3) is 4.69. The number of thioether (sulfide) groups is 1. The van der Waals surface area contributed by atoms with Crippen LogP contribution in [-0.2, 0) is 14.3 Å². The van der Waals surface area contributed by atoms with E-state index in [0.29, 0.717) is 18.9 Å². The Hall–Kier alpha value is -0.750. The molecule has 0 aromatic carbocycles. The molecule has 0 radical (unpaired) electrons. The van der Waals surface area contributed by atoms with Crippen molar-refractivity contribution in [3.8, 4) is 0 Å². The van der Waals surface area contributed by atoms with Crippen molar-refractivity contribution in [1.29, 1.82) is 0 Å². The Labute approximate surface area is 119 Å². The van der Waals surface area contributed by atoms with Crippen LogP contribution >= 0.6 is 11.8 Å². The number of ether oxygens (including phenoxy) is 1. The summed E-state index contributed by atoms with van der Waals surface area (Å²) in [5.74, 6) is 0.399. The van der Waals surface area contributed by atoms with Gasteiger partial charge in [-0.1, -0.05) is 13.8 Å². The zero-order chi connectivity index (χ0) is 14.7. The lowest BCUT2D eigenvalue weighted by molar-refractivity contribution is -0.130. The topological polar surface area (TPSA) is 67.4 Å². The summed E-state index contributed by atoms with van der Waals surface area (Å²) in [6.07, 6.45) is 0. The van der Waals surface area contributed by atoms with Crippen LogP contribution in [0.1, 0.15) is 27.7 Å². The number of hydrogen-bond acceptors (Lipinski definition) is 4. The first-order valence-corrected chi connectivity index (χ1v) is 7.38. The van der Waals surface area contributed by atoms with Crippen LogP contribution in [0.25, 0.3) is 0 Å². The van der Waals surface area contributed by atoms with Crippen LogP contribution in [0, 0.1) is 5.41 Å². The molecule has 1 atom stereocenters. The molecule has 0 aliphatic carbocycles. The molecule has 0 spiro atoms. The van der Waals surface area contributed by atoms with Gasteiger partial charge in [-0.15, -0.1) is 11.8 Å². The fourth-order valence-electron chi connectivity index (χ4n) is 1.76. The first-order valence-electron chi connectivity index (χ1n) is 6.39. The van der Waals surface area contributed by atoms with Gasteiger partial charge in [0.1, 0.15) is 6.04 Å². The number of amides is 2. The van der Waals surface area contributed by atoms with Gasteiger partial charge in [-0.2, -0.15) is 0 Å². The molecule has 1 aliphatic heterocycles. The zero-order valence-electron chi connectivity index (χ0n) is 12.3. The van der Waals surface area contributed by atoms with Crippen molar-refractivity contribution >= 4 is 23.6 Å². The lowest BCUT2D eigenvalue weighted by Gasteiger charge is -2.33. The Balaban J connectivity index is 2.46. The first-order chi connectivity index (χ1) is 8.68. The van der Waals surface area contributed by atoms with Crippen LogP contribution in [0.3, 0.4) is 0 Å². The molecular weight excluding hydrogens is 264 g/mol. The van der Waals surface area contributed by atoms with Crippen LogP contribution in [0.2, 0.25) is 0 Å². The highest BCUT2D eigenvalue weighted by Gasteiger charge is 2.38. The SMILES string of the molecule is COCC(C)(C)CNC(=O)[C@@H]1CSC(C)(C)C(=O)N1. The zero-order valence-corrected chi connectivity index (χ0v) is 13.1. The van der Waals surface area contributed by atoms with E-state index in [1.54, 1.807) is 7.11 Å². The average molecular weight is 288 g/mol. The Morgan fingerprint density at radius 1 is 1.58 bits per heavy atom. The minimum absolute atomic E-state index is 0.0833. The molecule has 5 nitrogen and oxygen atoms in total. The molecule has 0 bridgehead atoms. The monoisotopic (exact) mass is 288 g/mol. The number of nitrogens with one attached hydrogen (secondary N) is 2. The van der Waals surface area contributed by atoms with Gasteiger partial charge in [0.15, 0.2) is 0 Å². The van der Waals surface area contributed by atoms with E-state index in [-0.39, 0.29) is 17.2 Å². The molecule has 1 saturated heterocycles. The second-order valence-corrected chi connectivity index (χ2v) is 7.81. The summed E-state index contributed by atoms with van der Waals surface area (Å²) >= 11 is 1.51. The highest BCUT2D eigenvalue weighted by molar-refractivity contribution is 8.01. The highest BCUT2D eigenvalue weighted by Crippen LogP contribution is 2.29. The number of hydrogen-bond donors (Lipinski definition) is 2. The molecule has 0 aromatic heterocycles. The molecule has 0 unspecified atom stereocenters. The van der Waals surface area contributed by atoms with Gasteiger partial charge in [-0.05, 0) is 13.8 Å². The van der Waals surface area contributed by atoms with E-state index in [0.717, 1.165) is 0 Å². The van der Waals surface area contributed by atoms with Gasteiger partial charge in [0.05, 0.1) is 11.4 Å². The summed E-state index contributed by atoms with van der Waals surface area (Å²) in [4.78, 5) is 23.8. The predicted octanol–water partition coefficient (Wildman–Crippen LogP) is 0.785. The molecule has 110 valence electrons. The van der Waals surface area contributed by atoms with Crippen LogP contribution in [-0.4, -0.2) is 48.6 Å². The highest BCUT2D eigenvalue weighted by atomic mass is 32.2. The Morgan fingerprint density at radius 3 is 2.74 bits per heavy atom. The molecule has 1 fully saturated rings. The first kappa shape index (κ1) is 16.3. The van der Waals surface area contributed by atoms with E-state index in [1.807, 2.05) is 27.7 Å². The third-order valence-electron chi connectivity index (χ3n) is 3.06. The summed E-state index contributed by atoms with van der Waals surface area (Å²) in [6, 6.07) is -0.441. The smallest absolute Gasteiger partial charge is 0.243 e. The van der Waals surface area contributed by atoms with E-state index in [4.69, 9.17) is 4.74 Å². The Morgan fingerprint density at radius 2 is 2.21 bits per heavy atom. The van der Waals surface area contributed by atoms with Gasteiger partial charge < -0.3 is 15.4 Å². The summed E-state index contributed by atoms with van der Waals surface area (Å²) < 4.78 is 4.65. The van der Waals surface area contributed by atoms with Crippen LogP contribution in [0.5, 0.6) is 0 Å². The summed E-state index contributed by atoms with van der Waals surface area (Å²) in [5, 5.41) is 5.65. The van der Waals surface area contributed by atoms with Crippen molar-refractivity contribution in [3.63, 3.8) is 0 Å². The molecular formula is C13H24N2O3S. The minimum Gasteiger partial charge on any atom is -0.384 e. The number of carbonyl (C=O) groups excluding carboxylic acids is 2. The summed E-state index contributed by atoms with van der Waals surface area (Å²) in [6.45, 7) is 8.88. The summed E-state index contributed by atoms with van der Waals surface area (Å²) in [7, 11) is 1.64. The molecule has 6 heteroatoms. The van der Waals surface area contributed by atoms with Gasteiger partial charge >= 0.3 is 0 Å². The minimum atomic E-state index is -0.452. The van der Waals surface area contributed by atoms with Crippen LogP contribution in [0.15, 0.2) is 0 Å². The standard InChI is InChI=1S/C13H24N2O3S/c1-12(2,8-18-5)7-14-10(16)9-6-19-13(3,4)11(17)15-9/h9H,6-8H2,1-5H3,(H,14,16)(H,15,17)/t9-/m0/s1. The average Bonchev–Trinajstić information content (AvgIpc) is 2.30. The van der Waals surface area contributed by atoms with Gasteiger partial charge in [-0.25, -0.2) is 0 Å². The largest absolute Gasteiger partial charge is 0.384 e. The maximum atomic E-state index is 12.0. The van der Waals surface area contributed by atoms with Gasteiger partial charge in [-0.3, -0.25) is 9.59 Å². The quantitative estimate of drug-likeness (QED) is 0.785. The number of carbonyl (C=O) groups is 2. The Kier molecular flexibility index (Phi) is 5.26. The molecule has 2 N–H and O–H groups in total. The number of methoxy groups -OCH3 is 1. The van der Waals surface area contributed by atoms with Crippen molar-refractivity contribution in [3.05, 3.63) is 0 Å². The van der Waals surface area contributed by atoms with Gasteiger partial charge in [0, 0.05) is 24.8 Å². The molecule has 0 aromatic rings. The normalized spacial score (nSPS) is 22.8. The van der Waals surface area contributed by atoms with E-state index < -0.39 is 10.8 Å². The molecule has 1 heterocycles. The lowest BCUT2D eigenvalue weighted by atomic mass is 9.95. The van der Waals surface area contributed by atoms with Crippen molar-refractivity contribution in [2.45, 2.75) is 38.5 Å². The van der Waals surface area contributed by atoms with Crippen molar-refractivity contribution in [2.24, 2.45) is 5.41 Å². The van der Waals surface area contributed by atoms with E-state index in [9.17, 15) is 9.59 Å².